The average Bonchev–Trinajstić information content (AvgIpc) is 3.02. The molecule has 0 saturated heterocycles. The molecule has 0 radical (unpaired) electrons. The van der Waals surface area contributed by atoms with E-state index in [-0.39, 0.29) is 11.9 Å². The second-order valence-corrected chi connectivity index (χ2v) is 7.70. The number of alkyl carbamates (subject to hydrolysis) is 1. The molecule has 2 aromatic rings. The maximum Gasteiger partial charge on any atom is 0.407 e. The summed E-state index contributed by atoms with van der Waals surface area (Å²) in [5.74, 6) is 0.204. The van der Waals surface area contributed by atoms with Gasteiger partial charge in [-0.3, -0.25) is 4.79 Å². The Hall–Kier alpha value is -2.41. The lowest BCUT2D eigenvalue weighted by Crippen LogP contribution is -2.44. The van der Waals surface area contributed by atoms with Crippen LogP contribution in [0.25, 0.3) is 10.6 Å². The average molecular weight is 390 g/mol. The van der Waals surface area contributed by atoms with Gasteiger partial charge in [-0.05, 0) is 26.2 Å². The Kier molecular flexibility index (Phi) is 7.79. The summed E-state index contributed by atoms with van der Waals surface area (Å²) in [4.78, 5) is 29.4. The summed E-state index contributed by atoms with van der Waals surface area (Å²) in [5, 5.41) is 6.55. The molecular formula is C20H27N3O3S. The van der Waals surface area contributed by atoms with Crippen molar-refractivity contribution in [3.63, 3.8) is 0 Å². The number of benzene rings is 1. The zero-order valence-electron chi connectivity index (χ0n) is 16.2. The second-order valence-electron chi connectivity index (χ2n) is 6.70. The van der Waals surface area contributed by atoms with Gasteiger partial charge in [0.25, 0.3) is 5.91 Å². The summed E-state index contributed by atoms with van der Waals surface area (Å²) < 4.78 is 4.95. The summed E-state index contributed by atoms with van der Waals surface area (Å²) in [6.45, 7) is 8.39. The second kappa shape index (κ2) is 10.1. The molecule has 0 spiro atoms. The first-order valence-corrected chi connectivity index (χ1v) is 9.96. The van der Waals surface area contributed by atoms with E-state index in [9.17, 15) is 9.59 Å². The van der Waals surface area contributed by atoms with E-state index in [2.05, 4.69) is 29.5 Å². The Morgan fingerprint density at radius 2 is 1.93 bits per heavy atom. The van der Waals surface area contributed by atoms with Crippen LogP contribution < -0.4 is 10.6 Å². The Balaban J connectivity index is 2.02. The first kappa shape index (κ1) is 20.9. The number of amides is 2. The Morgan fingerprint density at radius 1 is 1.22 bits per heavy atom. The van der Waals surface area contributed by atoms with Crippen molar-refractivity contribution in [2.24, 2.45) is 5.92 Å². The van der Waals surface area contributed by atoms with Crippen molar-refractivity contribution in [1.29, 1.82) is 0 Å². The zero-order valence-corrected chi connectivity index (χ0v) is 17.1. The van der Waals surface area contributed by atoms with E-state index in [1.54, 1.807) is 6.92 Å². The predicted octanol–water partition coefficient (Wildman–Crippen LogP) is 4.01. The minimum atomic E-state index is -0.460. The van der Waals surface area contributed by atoms with Crippen molar-refractivity contribution in [3.8, 4) is 10.6 Å². The van der Waals surface area contributed by atoms with Gasteiger partial charge in [0, 0.05) is 18.2 Å². The molecule has 146 valence electrons. The molecular weight excluding hydrogens is 362 g/mol. The predicted molar refractivity (Wildman–Crippen MR) is 108 cm³/mol. The highest BCUT2D eigenvalue weighted by atomic mass is 32.1. The van der Waals surface area contributed by atoms with Crippen molar-refractivity contribution in [1.82, 2.24) is 15.6 Å². The molecule has 0 aliphatic carbocycles. The van der Waals surface area contributed by atoms with E-state index >= 15 is 0 Å². The van der Waals surface area contributed by atoms with Crippen LogP contribution in [0, 0.1) is 12.8 Å². The van der Waals surface area contributed by atoms with Crippen LogP contribution in [-0.2, 0) is 4.74 Å². The standard InChI is InChI=1S/C20H27N3O3S/c1-5-26-20(25)23-16(11-13(2)3)12-21-18(24)17-14(4)22-19(27-17)15-9-7-6-8-10-15/h6-10,13,16H,5,11-12H2,1-4H3,(H,21,24)(H,23,25). The molecule has 1 aromatic carbocycles. The third kappa shape index (κ3) is 6.36. The maximum absolute atomic E-state index is 12.6. The van der Waals surface area contributed by atoms with Crippen LogP contribution in [0.2, 0.25) is 0 Å². The van der Waals surface area contributed by atoms with Gasteiger partial charge < -0.3 is 15.4 Å². The lowest BCUT2D eigenvalue weighted by molar-refractivity contribution is 0.0947. The van der Waals surface area contributed by atoms with Crippen LogP contribution in [0.15, 0.2) is 30.3 Å². The number of rotatable bonds is 8. The molecule has 1 aromatic heterocycles. The lowest BCUT2D eigenvalue weighted by Gasteiger charge is -2.20. The molecule has 7 heteroatoms. The number of carbonyl (C=O) groups excluding carboxylic acids is 2. The zero-order chi connectivity index (χ0) is 19.8. The van der Waals surface area contributed by atoms with Crippen molar-refractivity contribution >= 4 is 23.3 Å². The van der Waals surface area contributed by atoms with Crippen molar-refractivity contribution in [2.75, 3.05) is 13.2 Å². The van der Waals surface area contributed by atoms with E-state index < -0.39 is 6.09 Å². The molecule has 0 fully saturated rings. The molecule has 27 heavy (non-hydrogen) atoms. The molecule has 1 heterocycles. The van der Waals surface area contributed by atoms with Crippen LogP contribution in [-0.4, -0.2) is 36.2 Å². The van der Waals surface area contributed by atoms with Gasteiger partial charge in [-0.25, -0.2) is 9.78 Å². The number of ether oxygens (including phenoxy) is 1. The Labute approximate surface area is 164 Å². The molecule has 0 bridgehead atoms. The fourth-order valence-electron chi connectivity index (χ4n) is 2.71. The van der Waals surface area contributed by atoms with E-state index in [1.165, 1.54) is 11.3 Å². The van der Waals surface area contributed by atoms with Crippen LogP contribution in [0.3, 0.4) is 0 Å². The number of carbonyl (C=O) groups is 2. The summed E-state index contributed by atoms with van der Waals surface area (Å²) in [7, 11) is 0. The maximum atomic E-state index is 12.6. The van der Waals surface area contributed by atoms with E-state index in [0.29, 0.717) is 29.6 Å². The van der Waals surface area contributed by atoms with Gasteiger partial charge in [-0.1, -0.05) is 44.2 Å². The van der Waals surface area contributed by atoms with Crippen LogP contribution >= 0.6 is 11.3 Å². The van der Waals surface area contributed by atoms with Crippen molar-refractivity contribution in [2.45, 2.75) is 40.2 Å². The fraction of sp³-hybridized carbons (Fsp3) is 0.450. The molecule has 1 unspecified atom stereocenters. The molecule has 2 rings (SSSR count). The summed E-state index contributed by atoms with van der Waals surface area (Å²) in [6.07, 6.45) is 0.286. The van der Waals surface area contributed by atoms with E-state index in [4.69, 9.17) is 4.74 Å². The summed E-state index contributed by atoms with van der Waals surface area (Å²) >= 11 is 1.37. The SMILES string of the molecule is CCOC(=O)NC(CNC(=O)c1sc(-c2ccccc2)nc1C)CC(C)C. The highest BCUT2D eigenvalue weighted by Gasteiger charge is 2.19. The van der Waals surface area contributed by atoms with E-state index in [1.807, 2.05) is 37.3 Å². The number of aromatic nitrogens is 1. The van der Waals surface area contributed by atoms with Crippen LogP contribution in [0.4, 0.5) is 4.79 Å². The molecule has 0 aliphatic heterocycles. The van der Waals surface area contributed by atoms with Gasteiger partial charge in [0.2, 0.25) is 0 Å². The number of hydrogen-bond acceptors (Lipinski definition) is 5. The molecule has 0 aliphatic rings. The van der Waals surface area contributed by atoms with Gasteiger partial charge in [-0.15, -0.1) is 11.3 Å². The smallest absolute Gasteiger partial charge is 0.407 e. The molecule has 0 saturated carbocycles. The number of nitrogens with one attached hydrogen (secondary N) is 2. The fourth-order valence-corrected chi connectivity index (χ4v) is 3.70. The number of thiazole rings is 1. The molecule has 2 amide bonds. The highest BCUT2D eigenvalue weighted by molar-refractivity contribution is 7.17. The van der Waals surface area contributed by atoms with Gasteiger partial charge in [0.1, 0.15) is 9.88 Å². The minimum absolute atomic E-state index is 0.174. The topological polar surface area (TPSA) is 80.3 Å². The van der Waals surface area contributed by atoms with E-state index in [0.717, 1.165) is 17.0 Å². The van der Waals surface area contributed by atoms with Crippen LogP contribution in [0.1, 0.15) is 42.6 Å². The van der Waals surface area contributed by atoms with Crippen molar-refractivity contribution in [3.05, 3.63) is 40.9 Å². The summed E-state index contributed by atoms with van der Waals surface area (Å²) in [5.41, 5.74) is 1.70. The third-order valence-electron chi connectivity index (χ3n) is 3.89. The first-order chi connectivity index (χ1) is 12.9. The minimum Gasteiger partial charge on any atom is -0.450 e. The Morgan fingerprint density at radius 3 is 2.56 bits per heavy atom. The normalized spacial score (nSPS) is 11.9. The molecule has 1 atom stereocenters. The summed E-state index contributed by atoms with van der Waals surface area (Å²) in [6, 6.07) is 9.61. The lowest BCUT2D eigenvalue weighted by atomic mass is 10.0. The Bertz CT molecular complexity index is 759. The van der Waals surface area contributed by atoms with Gasteiger partial charge in [-0.2, -0.15) is 0 Å². The first-order valence-electron chi connectivity index (χ1n) is 9.15. The van der Waals surface area contributed by atoms with Crippen molar-refractivity contribution < 1.29 is 14.3 Å². The van der Waals surface area contributed by atoms with Gasteiger partial charge in [0.15, 0.2) is 0 Å². The quantitative estimate of drug-likeness (QED) is 0.715. The van der Waals surface area contributed by atoms with Gasteiger partial charge in [0.05, 0.1) is 12.3 Å². The number of aryl methyl sites for hydroxylation is 1. The number of nitrogens with zero attached hydrogens (tertiary/aromatic N) is 1. The van der Waals surface area contributed by atoms with Gasteiger partial charge >= 0.3 is 6.09 Å². The molecule has 2 N–H and O–H groups in total. The highest BCUT2D eigenvalue weighted by Crippen LogP contribution is 2.27. The van der Waals surface area contributed by atoms with Crippen LogP contribution in [0.5, 0.6) is 0 Å². The third-order valence-corrected chi connectivity index (χ3v) is 5.09. The monoisotopic (exact) mass is 389 g/mol. The number of hydrogen-bond donors (Lipinski definition) is 2. The largest absolute Gasteiger partial charge is 0.450 e. The molecule has 6 nitrogen and oxygen atoms in total.